The van der Waals surface area contributed by atoms with E-state index < -0.39 is 24.5 Å². The highest BCUT2D eigenvalue weighted by Gasteiger charge is 2.26. The van der Waals surface area contributed by atoms with Crippen LogP contribution in [0.3, 0.4) is 0 Å². The monoisotopic (exact) mass is 498 g/mol. The number of carbonyl (C=O) groups excluding carboxylic acids is 1. The Hall–Kier alpha value is -3.43. The average molecular weight is 499 g/mol. The van der Waals surface area contributed by atoms with E-state index in [1.165, 1.54) is 22.3 Å². The highest BCUT2D eigenvalue weighted by Crippen LogP contribution is 2.36. The molecule has 0 bridgehead atoms. The second kappa shape index (κ2) is 12.0. The summed E-state index contributed by atoms with van der Waals surface area (Å²) in [6.07, 6.45) is 3.54. The minimum Gasteiger partial charge on any atom is -0.506 e. The summed E-state index contributed by atoms with van der Waals surface area (Å²) in [7, 11) is 0. The van der Waals surface area contributed by atoms with Crippen molar-refractivity contribution in [2.75, 3.05) is 11.9 Å². The van der Waals surface area contributed by atoms with Gasteiger partial charge in [0.05, 0.1) is 11.8 Å². The molecule has 36 heavy (non-hydrogen) atoms. The molecule has 2 aromatic rings. The first-order valence-corrected chi connectivity index (χ1v) is 12.3. The van der Waals surface area contributed by atoms with Gasteiger partial charge in [0.1, 0.15) is 12.2 Å². The number of aromatic hydroxyl groups is 1. The number of aliphatic carboxylic acids is 2. The van der Waals surface area contributed by atoms with Crippen molar-refractivity contribution >= 4 is 23.5 Å². The standard InChI is InChI=1S/C24H30N2O3.C3H4O4/c1-3-14-9-16-11-18(12-17(16)10-15(14)4-2)25-13-22(28)19-5-7-21(27)24-20(19)6-8-23(29)26-24;4-2(5)1-3(6)7/h5,7,9-10,18,22,25,27-28H,3-4,6,8,11-13H2,1-2H3,(H,26,29);1H2,(H,4,5)(H,6,7). The summed E-state index contributed by atoms with van der Waals surface area (Å²) in [4.78, 5) is 30.5. The molecule has 0 fully saturated rings. The van der Waals surface area contributed by atoms with Crippen LogP contribution in [0.2, 0.25) is 0 Å². The molecule has 1 aliphatic heterocycles. The number of aryl methyl sites for hydroxylation is 2. The average Bonchev–Trinajstić information content (AvgIpc) is 3.23. The summed E-state index contributed by atoms with van der Waals surface area (Å²) in [5, 5.41) is 42.5. The van der Waals surface area contributed by atoms with Gasteiger partial charge in [-0.2, -0.15) is 0 Å². The predicted molar refractivity (Wildman–Crippen MR) is 134 cm³/mol. The number of phenolic OH excluding ortho intramolecular Hbond substituents is 1. The molecule has 2 aliphatic rings. The topological polar surface area (TPSA) is 156 Å². The van der Waals surface area contributed by atoms with E-state index in [2.05, 4.69) is 36.6 Å². The second-order valence-electron chi connectivity index (χ2n) is 9.17. The first-order chi connectivity index (χ1) is 17.1. The van der Waals surface area contributed by atoms with Gasteiger partial charge in [0.2, 0.25) is 5.91 Å². The molecule has 9 heteroatoms. The summed E-state index contributed by atoms with van der Waals surface area (Å²) in [5.41, 5.74) is 7.82. The Morgan fingerprint density at radius 2 is 1.61 bits per heavy atom. The molecule has 1 heterocycles. The number of rotatable bonds is 8. The quantitative estimate of drug-likeness (QED) is 0.240. The number of amides is 1. The Kier molecular flexibility index (Phi) is 9.06. The van der Waals surface area contributed by atoms with E-state index in [4.69, 9.17) is 10.2 Å². The van der Waals surface area contributed by atoms with Crippen molar-refractivity contribution in [2.24, 2.45) is 0 Å². The van der Waals surface area contributed by atoms with Crippen LogP contribution in [-0.2, 0) is 46.5 Å². The zero-order valence-corrected chi connectivity index (χ0v) is 20.6. The van der Waals surface area contributed by atoms with Crippen molar-refractivity contribution in [3.05, 3.63) is 57.6 Å². The number of carboxylic acid groups (broad SMARTS) is 2. The Balaban J connectivity index is 0.000000454. The van der Waals surface area contributed by atoms with E-state index in [9.17, 15) is 24.6 Å². The highest BCUT2D eigenvalue weighted by molar-refractivity contribution is 5.96. The number of carbonyl (C=O) groups is 3. The SMILES string of the molecule is CCc1cc2c(cc1CC)CC(NCC(O)c1ccc(O)c3c1CCC(=O)N3)C2.O=C(O)CC(=O)O. The number of carboxylic acids is 2. The van der Waals surface area contributed by atoms with Crippen molar-refractivity contribution in [1.29, 1.82) is 0 Å². The van der Waals surface area contributed by atoms with E-state index in [1.807, 2.05) is 0 Å². The predicted octanol–water partition coefficient (Wildman–Crippen LogP) is 2.74. The molecule has 0 aromatic heterocycles. The first kappa shape index (κ1) is 27.2. The third kappa shape index (κ3) is 6.61. The molecule has 0 spiro atoms. The third-order valence-electron chi connectivity index (χ3n) is 6.67. The normalized spacial score (nSPS) is 15.2. The molecule has 1 amide bonds. The second-order valence-corrected chi connectivity index (χ2v) is 9.17. The van der Waals surface area contributed by atoms with Crippen LogP contribution in [0, 0.1) is 0 Å². The molecule has 4 rings (SSSR count). The molecule has 0 saturated heterocycles. The Bertz CT molecular complexity index is 1100. The van der Waals surface area contributed by atoms with E-state index in [0.29, 0.717) is 31.1 Å². The van der Waals surface area contributed by atoms with Gasteiger partial charge in [0.25, 0.3) is 0 Å². The number of fused-ring (bicyclic) bond motifs is 2. The summed E-state index contributed by atoms with van der Waals surface area (Å²) in [6, 6.07) is 8.37. The Morgan fingerprint density at radius 3 is 2.11 bits per heavy atom. The van der Waals surface area contributed by atoms with Crippen molar-refractivity contribution in [2.45, 2.75) is 70.9 Å². The number of phenols is 1. The van der Waals surface area contributed by atoms with Crippen LogP contribution < -0.4 is 10.6 Å². The zero-order valence-electron chi connectivity index (χ0n) is 20.6. The molecule has 0 radical (unpaired) electrons. The van der Waals surface area contributed by atoms with Gasteiger partial charge in [-0.05, 0) is 71.6 Å². The smallest absolute Gasteiger partial charge is 0.314 e. The maximum absolute atomic E-state index is 11.7. The maximum Gasteiger partial charge on any atom is 0.314 e. The molecule has 2 aromatic carbocycles. The minimum absolute atomic E-state index is 0.0571. The summed E-state index contributed by atoms with van der Waals surface area (Å²) >= 11 is 0. The van der Waals surface area contributed by atoms with Crippen molar-refractivity contribution in [3.8, 4) is 5.75 Å². The largest absolute Gasteiger partial charge is 0.506 e. The number of hydrogen-bond acceptors (Lipinski definition) is 6. The summed E-state index contributed by atoms with van der Waals surface area (Å²) in [6.45, 7) is 4.87. The van der Waals surface area contributed by atoms with Crippen molar-refractivity contribution in [1.82, 2.24) is 5.32 Å². The van der Waals surface area contributed by atoms with Crippen LogP contribution in [0.4, 0.5) is 5.69 Å². The molecule has 1 atom stereocenters. The number of hydrogen-bond donors (Lipinski definition) is 6. The van der Waals surface area contributed by atoms with Crippen LogP contribution in [0.1, 0.15) is 66.2 Å². The van der Waals surface area contributed by atoms with Gasteiger partial charge in [-0.3, -0.25) is 14.4 Å². The first-order valence-electron chi connectivity index (χ1n) is 12.3. The highest BCUT2D eigenvalue weighted by atomic mass is 16.4. The number of benzene rings is 2. The zero-order chi connectivity index (χ0) is 26.4. The fraction of sp³-hybridized carbons (Fsp3) is 0.444. The lowest BCUT2D eigenvalue weighted by Gasteiger charge is -2.24. The summed E-state index contributed by atoms with van der Waals surface area (Å²) < 4.78 is 0. The van der Waals surface area contributed by atoms with Crippen LogP contribution in [0.5, 0.6) is 5.75 Å². The van der Waals surface area contributed by atoms with Gasteiger partial charge in [-0.25, -0.2) is 0 Å². The van der Waals surface area contributed by atoms with Crippen molar-refractivity contribution < 1.29 is 34.8 Å². The lowest BCUT2D eigenvalue weighted by molar-refractivity contribution is -0.147. The van der Waals surface area contributed by atoms with Gasteiger partial charge in [-0.1, -0.05) is 32.0 Å². The molecular formula is C27H34N2O7. The van der Waals surface area contributed by atoms with E-state index in [1.54, 1.807) is 12.1 Å². The van der Waals surface area contributed by atoms with Crippen LogP contribution in [0.15, 0.2) is 24.3 Å². The summed E-state index contributed by atoms with van der Waals surface area (Å²) in [5.74, 6) is -2.67. The van der Waals surface area contributed by atoms with Gasteiger partial charge >= 0.3 is 11.9 Å². The molecule has 1 unspecified atom stereocenters. The van der Waals surface area contributed by atoms with E-state index in [-0.39, 0.29) is 11.7 Å². The van der Waals surface area contributed by atoms with Crippen LogP contribution in [-0.4, -0.2) is 50.9 Å². The minimum atomic E-state index is -1.31. The third-order valence-corrected chi connectivity index (χ3v) is 6.67. The lowest BCUT2D eigenvalue weighted by Crippen LogP contribution is -2.33. The number of nitrogens with one attached hydrogen (secondary N) is 2. The van der Waals surface area contributed by atoms with Crippen LogP contribution >= 0.6 is 0 Å². The van der Waals surface area contributed by atoms with Gasteiger partial charge in [0, 0.05) is 19.0 Å². The molecule has 194 valence electrons. The van der Waals surface area contributed by atoms with E-state index >= 15 is 0 Å². The van der Waals surface area contributed by atoms with Gasteiger partial charge in [0.15, 0.2) is 0 Å². The number of anilines is 1. The van der Waals surface area contributed by atoms with E-state index in [0.717, 1.165) is 36.8 Å². The van der Waals surface area contributed by atoms with Gasteiger partial charge < -0.3 is 31.1 Å². The molecule has 0 saturated carbocycles. The lowest BCUT2D eigenvalue weighted by atomic mass is 9.93. The molecule has 6 N–H and O–H groups in total. The molecule has 9 nitrogen and oxygen atoms in total. The van der Waals surface area contributed by atoms with Crippen LogP contribution in [0.25, 0.3) is 0 Å². The van der Waals surface area contributed by atoms with Gasteiger partial charge in [-0.15, -0.1) is 0 Å². The Labute approximate surface area is 210 Å². The molecular weight excluding hydrogens is 464 g/mol. The maximum atomic E-state index is 11.7. The van der Waals surface area contributed by atoms with Crippen molar-refractivity contribution in [3.63, 3.8) is 0 Å². The molecule has 1 aliphatic carbocycles. The fourth-order valence-electron chi connectivity index (χ4n) is 4.91. The fourth-order valence-corrected chi connectivity index (χ4v) is 4.91. The number of aliphatic hydroxyl groups is 1. The number of aliphatic hydroxyl groups excluding tert-OH is 1. The Morgan fingerprint density at radius 1 is 1.03 bits per heavy atom.